The van der Waals surface area contributed by atoms with Gasteiger partial charge < -0.3 is 10.6 Å². The Balaban J connectivity index is 1.52. The number of nitrogens with zero attached hydrogens (tertiary/aromatic N) is 1. The first-order valence-electron chi connectivity index (χ1n) is 9.88. The number of hydrogen-bond donors (Lipinski definition) is 2. The summed E-state index contributed by atoms with van der Waals surface area (Å²) in [4.78, 5) is 30.8. The second-order valence-corrected chi connectivity index (χ2v) is 8.87. The van der Waals surface area contributed by atoms with Gasteiger partial charge in [0.2, 0.25) is 5.91 Å². The Bertz CT molecular complexity index is 1050. The van der Waals surface area contributed by atoms with Gasteiger partial charge in [0, 0.05) is 23.0 Å². The number of amides is 2. The minimum absolute atomic E-state index is 0.144. The van der Waals surface area contributed by atoms with Gasteiger partial charge in [-0.05, 0) is 37.5 Å². The first kappa shape index (κ1) is 20.6. The molecule has 1 saturated carbocycles. The highest BCUT2D eigenvalue weighted by Crippen LogP contribution is 2.29. The van der Waals surface area contributed by atoms with Crippen molar-refractivity contribution in [3.63, 3.8) is 0 Å². The van der Waals surface area contributed by atoms with Crippen molar-refractivity contribution < 1.29 is 9.59 Å². The zero-order chi connectivity index (χ0) is 21.1. The topological polar surface area (TPSA) is 71.1 Å². The van der Waals surface area contributed by atoms with Crippen LogP contribution in [0, 0.1) is 6.92 Å². The third-order valence-electron chi connectivity index (χ3n) is 4.92. The van der Waals surface area contributed by atoms with Crippen molar-refractivity contribution in [1.82, 2.24) is 15.6 Å². The molecule has 4 rings (SSSR count). The van der Waals surface area contributed by atoms with Gasteiger partial charge in [-0.25, -0.2) is 4.98 Å². The van der Waals surface area contributed by atoms with Crippen molar-refractivity contribution in [3.8, 4) is 10.6 Å². The molecule has 1 unspecified atom stereocenters. The fraction of sp³-hybridized carbons (Fsp3) is 0.261. The summed E-state index contributed by atoms with van der Waals surface area (Å²) in [6.45, 7) is 1.81. The number of nitrogens with one attached hydrogen (secondary N) is 2. The van der Waals surface area contributed by atoms with Crippen molar-refractivity contribution in [2.45, 2.75) is 38.3 Å². The first-order valence-corrected chi connectivity index (χ1v) is 11.1. The maximum Gasteiger partial charge on any atom is 0.263 e. The van der Waals surface area contributed by atoms with Crippen LogP contribution in [0.3, 0.4) is 0 Å². The lowest BCUT2D eigenvalue weighted by atomic mass is 10.0. The molecule has 1 atom stereocenters. The lowest BCUT2D eigenvalue weighted by Gasteiger charge is -2.18. The third-order valence-corrected chi connectivity index (χ3v) is 6.38. The van der Waals surface area contributed by atoms with Crippen LogP contribution in [-0.4, -0.2) is 28.9 Å². The molecule has 0 aliphatic heterocycles. The van der Waals surface area contributed by atoms with Crippen molar-refractivity contribution >= 4 is 34.8 Å². The Morgan fingerprint density at radius 3 is 2.50 bits per heavy atom. The third kappa shape index (κ3) is 5.07. The molecule has 1 fully saturated rings. The van der Waals surface area contributed by atoms with Gasteiger partial charge in [-0.15, -0.1) is 11.3 Å². The minimum atomic E-state index is -0.638. The van der Waals surface area contributed by atoms with E-state index in [1.54, 1.807) is 19.1 Å². The monoisotopic (exact) mass is 439 g/mol. The summed E-state index contributed by atoms with van der Waals surface area (Å²) in [5, 5.41) is 7.33. The summed E-state index contributed by atoms with van der Waals surface area (Å²) in [5.41, 5.74) is 2.54. The Morgan fingerprint density at radius 1 is 1.13 bits per heavy atom. The Labute approximate surface area is 184 Å². The highest BCUT2D eigenvalue weighted by Gasteiger charge is 2.29. The summed E-state index contributed by atoms with van der Waals surface area (Å²) >= 11 is 7.28. The molecular weight excluding hydrogens is 418 g/mol. The van der Waals surface area contributed by atoms with Crippen LogP contribution >= 0.6 is 22.9 Å². The van der Waals surface area contributed by atoms with E-state index in [1.807, 2.05) is 42.5 Å². The predicted octanol–water partition coefficient (Wildman–Crippen LogP) is 4.39. The molecule has 1 aliphatic carbocycles. The Hall–Kier alpha value is -2.70. The van der Waals surface area contributed by atoms with E-state index < -0.39 is 6.04 Å². The fourth-order valence-electron chi connectivity index (χ4n) is 3.14. The van der Waals surface area contributed by atoms with Crippen LogP contribution in [0.25, 0.3) is 10.6 Å². The van der Waals surface area contributed by atoms with Crippen LogP contribution in [-0.2, 0) is 11.2 Å². The number of aryl methyl sites for hydroxylation is 1. The molecule has 2 amide bonds. The maximum absolute atomic E-state index is 13.0. The van der Waals surface area contributed by atoms with Gasteiger partial charge in [0.15, 0.2) is 0 Å². The van der Waals surface area contributed by atoms with Gasteiger partial charge in [-0.3, -0.25) is 9.59 Å². The molecule has 0 radical (unpaired) electrons. The fourth-order valence-corrected chi connectivity index (χ4v) is 4.24. The number of hydrogen-bond acceptors (Lipinski definition) is 4. The average Bonchev–Trinajstić information content (AvgIpc) is 3.47. The standard InChI is InChI=1S/C23H22ClN3O2S/c1-14-20(30-23(25-14)16-7-9-17(24)10-8-16)22(29)27-19(21(28)26-18-11-12-18)13-15-5-3-2-4-6-15/h2-10,18-19H,11-13H2,1H3,(H,26,28)(H,27,29). The summed E-state index contributed by atoms with van der Waals surface area (Å²) in [7, 11) is 0. The molecular formula is C23H22ClN3O2S. The molecule has 1 aliphatic rings. The molecule has 0 saturated heterocycles. The molecule has 2 N–H and O–H groups in total. The van der Waals surface area contributed by atoms with Gasteiger partial charge in [0.25, 0.3) is 5.91 Å². The molecule has 0 spiro atoms. The summed E-state index contributed by atoms with van der Waals surface area (Å²) in [6.07, 6.45) is 2.43. The summed E-state index contributed by atoms with van der Waals surface area (Å²) in [6, 6.07) is 16.7. The molecule has 5 nitrogen and oxygen atoms in total. The molecule has 30 heavy (non-hydrogen) atoms. The molecule has 0 bridgehead atoms. The van der Waals surface area contributed by atoms with Crippen molar-refractivity contribution in [1.29, 1.82) is 0 Å². The van der Waals surface area contributed by atoms with Crippen LogP contribution in [0.15, 0.2) is 54.6 Å². The Morgan fingerprint density at radius 2 is 1.83 bits per heavy atom. The molecule has 1 heterocycles. The van der Waals surface area contributed by atoms with E-state index >= 15 is 0 Å². The van der Waals surface area contributed by atoms with E-state index in [1.165, 1.54) is 11.3 Å². The number of benzene rings is 2. The Kier molecular flexibility index (Phi) is 6.16. The molecule has 154 valence electrons. The number of aromatic nitrogens is 1. The number of carbonyl (C=O) groups is 2. The first-order chi connectivity index (χ1) is 14.5. The number of rotatable bonds is 7. The molecule has 3 aromatic rings. The second-order valence-electron chi connectivity index (χ2n) is 7.44. The molecule has 1 aromatic heterocycles. The molecule has 2 aromatic carbocycles. The van der Waals surface area contributed by atoms with E-state index in [-0.39, 0.29) is 17.9 Å². The van der Waals surface area contributed by atoms with E-state index in [0.29, 0.717) is 22.0 Å². The smallest absolute Gasteiger partial charge is 0.263 e. The van der Waals surface area contributed by atoms with Gasteiger partial charge in [-0.2, -0.15) is 0 Å². The van der Waals surface area contributed by atoms with Gasteiger partial charge in [0.1, 0.15) is 15.9 Å². The number of thiazole rings is 1. The van der Waals surface area contributed by atoms with Crippen LogP contribution in [0.2, 0.25) is 5.02 Å². The van der Waals surface area contributed by atoms with Crippen molar-refractivity contribution in [2.75, 3.05) is 0 Å². The maximum atomic E-state index is 13.0. The lowest BCUT2D eigenvalue weighted by molar-refractivity contribution is -0.123. The van der Waals surface area contributed by atoms with Gasteiger partial charge in [-0.1, -0.05) is 54.1 Å². The zero-order valence-electron chi connectivity index (χ0n) is 16.5. The van der Waals surface area contributed by atoms with Crippen molar-refractivity contribution in [2.24, 2.45) is 0 Å². The van der Waals surface area contributed by atoms with Gasteiger partial charge >= 0.3 is 0 Å². The largest absolute Gasteiger partial charge is 0.352 e. The molecule has 7 heteroatoms. The van der Waals surface area contributed by atoms with Crippen molar-refractivity contribution in [3.05, 3.63) is 75.8 Å². The zero-order valence-corrected chi connectivity index (χ0v) is 18.1. The van der Waals surface area contributed by atoms with E-state index in [9.17, 15) is 9.59 Å². The predicted molar refractivity (Wildman–Crippen MR) is 120 cm³/mol. The number of halogens is 1. The normalized spacial score (nSPS) is 14.2. The summed E-state index contributed by atoms with van der Waals surface area (Å²) in [5.74, 6) is -0.424. The van der Waals surface area contributed by atoms with Crippen LogP contribution in [0.4, 0.5) is 0 Å². The minimum Gasteiger partial charge on any atom is -0.352 e. The van der Waals surface area contributed by atoms with Crippen LogP contribution in [0.5, 0.6) is 0 Å². The SMILES string of the molecule is Cc1nc(-c2ccc(Cl)cc2)sc1C(=O)NC(Cc1ccccc1)C(=O)NC1CC1. The van der Waals surface area contributed by atoms with Gasteiger partial charge in [0.05, 0.1) is 5.69 Å². The average molecular weight is 440 g/mol. The van der Waals surface area contributed by atoms with E-state index in [4.69, 9.17) is 11.6 Å². The second kappa shape index (κ2) is 8.98. The highest BCUT2D eigenvalue weighted by atomic mass is 35.5. The van der Waals surface area contributed by atoms with Crippen LogP contribution < -0.4 is 10.6 Å². The van der Waals surface area contributed by atoms with Crippen LogP contribution in [0.1, 0.15) is 33.8 Å². The van der Waals surface area contributed by atoms with E-state index in [2.05, 4.69) is 15.6 Å². The lowest BCUT2D eigenvalue weighted by Crippen LogP contribution is -2.48. The summed E-state index contributed by atoms with van der Waals surface area (Å²) < 4.78 is 0. The number of carbonyl (C=O) groups excluding carboxylic acids is 2. The highest BCUT2D eigenvalue weighted by molar-refractivity contribution is 7.17. The van der Waals surface area contributed by atoms with E-state index in [0.717, 1.165) is 29.0 Å². The quantitative estimate of drug-likeness (QED) is 0.573.